The standard InChI is InChI=1S/C33H42N4O4/c1-3-40-22-8-19-34-32(38)30-24-28(36-33(39)35-27-11-14-29(15-12-27)41-4-2)13-16-31(30)37-20-17-26(18-21-37)23-25-9-6-5-7-10-25/h5-7,9-16,24,26H,3-4,8,17-23H2,1-2H3,(H,34,38)(H2,35,36,39). The fourth-order valence-electron chi connectivity index (χ4n) is 5.11. The summed E-state index contributed by atoms with van der Waals surface area (Å²) in [7, 11) is 0. The zero-order chi connectivity index (χ0) is 28.9. The van der Waals surface area contributed by atoms with E-state index in [2.05, 4.69) is 51.2 Å². The fourth-order valence-corrected chi connectivity index (χ4v) is 5.11. The third-order valence-electron chi connectivity index (χ3n) is 7.20. The number of hydrogen-bond acceptors (Lipinski definition) is 5. The molecule has 3 aromatic carbocycles. The second-order valence-corrected chi connectivity index (χ2v) is 10.2. The van der Waals surface area contributed by atoms with Crippen LogP contribution >= 0.6 is 0 Å². The average molecular weight is 559 g/mol. The predicted octanol–water partition coefficient (Wildman–Crippen LogP) is 6.34. The molecule has 1 saturated heterocycles. The van der Waals surface area contributed by atoms with Crippen LogP contribution in [0, 0.1) is 5.92 Å². The van der Waals surface area contributed by atoms with Crippen molar-refractivity contribution in [2.45, 2.75) is 39.5 Å². The molecule has 1 aliphatic rings. The number of carbonyl (C=O) groups is 2. The number of amides is 3. The summed E-state index contributed by atoms with van der Waals surface area (Å²) in [6, 6.07) is 23.0. The van der Waals surface area contributed by atoms with Crippen molar-refractivity contribution in [2.24, 2.45) is 5.92 Å². The van der Waals surface area contributed by atoms with Gasteiger partial charge in [-0.1, -0.05) is 30.3 Å². The molecule has 1 fully saturated rings. The lowest BCUT2D eigenvalue weighted by molar-refractivity contribution is 0.0944. The van der Waals surface area contributed by atoms with Crippen LogP contribution in [0.4, 0.5) is 21.9 Å². The molecule has 8 heteroatoms. The van der Waals surface area contributed by atoms with Crippen molar-refractivity contribution in [3.05, 3.63) is 83.9 Å². The third-order valence-corrected chi connectivity index (χ3v) is 7.20. The molecule has 0 bridgehead atoms. The van der Waals surface area contributed by atoms with Crippen LogP contribution in [0.2, 0.25) is 0 Å². The van der Waals surface area contributed by atoms with Gasteiger partial charge in [0.15, 0.2) is 0 Å². The van der Waals surface area contributed by atoms with Gasteiger partial charge in [-0.3, -0.25) is 4.79 Å². The highest BCUT2D eigenvalue weighted by molar-refractivity contribution is 6.04. The summed E-state index contributed by atoms with van der Waals surface area (Å²) >= 11 is 0. The van der Waals surface area contributed by atoms with E-state index in [0.717, 1.165) is 50.2 Å². The van der Waals surface area contributed by atoms with Gasteiger partial charge in [0.05, 0.1) is 12.2 Å². The van der Waals surface area contributed by atoms with E-state index in [1.807, 2.05) is 38.1 Å². The monoisotopic (exact) mass is 558 g/mol. The number of ether oxygens (including phenoxy) is 2. The minimum Gasteiger partial charge on any atom is -0.494 e. The molecule has 1 aliphatic heterocycles. The number of anilines is 3. The normalized spacial score (nSPS) is 13.5. The number of urea groups is 1. The van der Waals surface area contributed by atoms with Crippen LogP contribution in [-0.2, 0) is 11.2 Å². The van der Waals surface area contributed by atoms with Gasteiger partial charge in [0.25, 0.3) is 5.91 Å². The summed E-state index contributed by atoms with van der Waals surface area (Å²) < 4.78 is 10.9. The molecular formula is C33H42N4O4. The van der Waals surface area contributed by atoms with Crippen molar-refractivity contribution in [1.29, 1.82) is 0 Å². The second kappa shape index (κ2) is 15.7. The predicted molar refractivity (Wildman–Crippen MR) is 165 cm³/mol. The van der Waals surface area contributed by atoms with Gasteiger partial charge in [-0.15, -0.1) is 0 Å². The van der Waals surface area contributed by atoms with E-state index in [-0.39, 0.29) is 11.9 Å². The van der Waals surface area contributed by atoms with Crippen LogP contribution in [0.3, 0.4) is 0 Å². The Labute approximate surface area is 243 Å². The zero-order valence-corrected chi connectivity index (χ0v) is 24.2. The Balaban J connectivity index is 1.42. The molecular weight excluding hydrogens is 516 g/mol. The summed E-state index contributed by atoms with van der Waals surface area (Å²) in [4.78, 5) is 28.4. The number of nitrogens with one attached hydrogen (secondary N) is 3. The van der Waals surface area contributed by atoms with Gasteiger partial charge in [-0.25, -0.2) is 4.79 Å². The van der Waals surface area contributed by atoms with Crippen LogP contribution < -0.4 is 25.6 Å². The SMILES string of the molecule is CCOCCCNC(=O)c1cc(NC(=O)Nc2ccc(OCC)cc2)ccc1N1CCC(Cc2ccccc2)CC1. The van der Waals surface area contributed by atoms with Crippen LogP contribution in [0.5, 0.6) is 5.75 Å². The molecule has 0 saturated carbocycles. The van der Waals surface area contributed by atoms with E-state index in [1.165, 1.54) is 5.56 Å². The van der Waals surface area contributed by atoms with Gasteiger partial charge in [-0.2, -0.15) is 0 Å². The molecule has 3 N–H and O–H groups in total. The summed E-state index contributed by atoms with van der Waals surface area (Å²) in [5, 5.41) is 8.74. The zero-order valence-electron chi connectivity index (χ0n) is 24.2. The number of nitrogens with zero attached hydrogens (tertiary/aromatic N) is 1. The molecule has 8 nitrogen and oxygen atoms in total. The third kappa shape index (κ3) is 9.25. The fraction of sp³-hybridized carbons (Fsp3) is 0.394. The van der Waals surface area contributed by atoms with Crippen LogP contribution in [-0.4, -0.2) is 51.4 Å². The highest BCUT2D eigenvalue weighted by atomic mass is 16.5. The first kappa shape index (κ1) is 29.9. The Morgan fingerprint density at radius 3 is 2.29 bits per heavy atom. The summed E-state index contributed by atoms with van der Waals surface area (Å²) in [5.74, 6) is 1.21. The topological polar surface area (TPSA) is 91.9 Å². The molecule has 0 aliphatic carbocycles. The number of hydrogen-bond donors (Lipinski definition) is 3. The lowest BCUT2D eigenvalue weighted by Crippen LogP contribution is -2.36. The Hall–Kier alpha value is -4.04. The van der Waals surface area contributed by atoms with Crippen molar-refractivity contribution in [2.75, 3.05) is 55.0 Å². The molecule has 218 valence electrons. The van der Waals surface area contributed by atoms with Crippen molar-refractivity contribution >= 4 is 29.0 Å². The maximum Gasteiger partial charge on any atom is 0.323 e. The van der Waals surface area contributed by atoms with Crippen molar-refractivity contribution in [1.82, 2.24) is 5.32 Å². The molecule has 0 spiro atoms. The first-order chi connectivity index (χ1) is 20.1. The average Bonchev–Trinajstić information content (AvgIpc) is 2.99. The summed E-state index contributed by atoms with van der Waals surface area (Å²) in [6.45, 7) is 8.01. The minimum absolute atomic E-state index is 0.154. The molecule has 0 radical (unpaired) electrons. The van der Waals surface area contributed by atoms with E-state index in [1.54, 1.807) is 18.2 Å². The Kier molecular flexibility index (Phi) is 11.4. The lowest BCUT2D eigenvalue weighted by atomic mass is 9.89. The van der Waals surface area contributed by atoms with E-state index >= 15 is 0 Å². The van der Waals surface area contributed by atoms with Gasteiger partial charge in [0.2, 0.25) is 0 Å². The Morgan fingerprint density at radius 2 is 1.59 bits per heavy atom. The first-order valence-electron chi connectivity index (χ1n) is 14.7. The van der Waals surface area contributed by atoms with Crippen molar-refractivity contribution < 1.29 is 19.1 Å². The number of carbonyl (C=O) groups excluding carboxylic acids is 2. The minimum atomic E-state index is -0.383. The van der Waals surface area contributed by atoms with E-state index in [0.29, 0.717) is 49.2 Å². The number of benzene rings is 3. The molecule has 3 aromatic rings. The van der Waals surface area contributed by atoms with E-state index < -0.39 is 0 Å². The number of piperidine rings is 1. The molecule has 3 amide bonds. The Morgan fingerprint density at radius 1 is 0.878 bits per heavy atom. The maximum absolute atomic E-state index is 13.3. The number of rotatable bonds is 13. The quantitative estimate of drug-likeness (QED) is 0.213. The van der Waals surface area contributed by atoms with Gasteiger partial charge < -0.3 is 30.3 Å². The van der Waals surface area contributed by atoms with Crippen LogP contribution in [0.25, 0.3) is 0 Å². The first-order valence-corrected chi connectivity index (χ1v) is 14.7. The smallest absolute Gasteiger partial charge is 0.323 e. The molecule has 0 atom stereocenters. The van der Waals surface area contributed by atoms with Crippen LogP contribution in [0.15, 0.2) is 72.8 Å². The van der Waals surface area contributed by atoms with E-state index in [4.69, 9.17) is 9.47 Å². The van der Waals surface area contributed by atoms with Gasteiger partial charge in [0, 0.05) is 49.9 Å². The second-order valence-electron chi connectivity index (χ2n) is 10.2. The van der Waals surface area contributed by atoms with Crippen molar-refractivity contribution in [3.8, 4) is 5.75 Å². The molecule has 4 rings (SSSR count). The molecule has 1 heterocycles. The van der Waals surface area contributed by atoms with Crippen LogP contribution in [0.1, 0.15) is 49.0 Å². The van der Waals surface area contributed by atoms with Gasteiger partial charge >= 0.3 is 6.03 Å². The highest BCUT2D eigenvalue weighted by Crippen LogP contribution is 2.30. The lowest BCUT2D eigenvalue weighted by Gasteiger charge is -2.35. The van der Waals surface area contributed by atoms with E-state index in [9.17, 15) is 9.59 Å². The van der Waals surface area contributed by atoms with Gasteiger partial charge in [-0.05, 0) is 93.5 Å². The molecule has 0 unspecified atom stereocenters. The van der Waals surface area contributed by atoms with Gasteiger partial charge in [0.1, 0.15) is 5.75 Å². The maximum atomic E-state index is 13.3. The summed E-state index contributed by atoms with van der Waals surface area (Å²) in [5.41, 5.74) is 4.02. The molecule has 41 heavy (non-hydrogen) atoms. The highest BCUT2D eigenvalue weighted by Gasteiger charge is 2.24. The largest absolute Gasteiger partial charge is 0.494 e. The Bertz CT molecular complexity index is 1240. The molecule has 0 aromatic heterocycles. The summed E-state index contributed by atoms with van der Waals surface area (Å²) in [6.07, 6.45) is 3.94. The van der Waals surface area contributed by atoms with Crippen molar-refractivity contribution in [3.63, 3.8) is 0 Å².